The van der Waals surface area contributed by atoms with Crippen molar-refractivity contribution in [1.29, 1.82) is 0 Å². The smallest absolute Gasteiger partial charge is 0.310 e. The van der Waals surface area contributed by atoms with E-state index >= 15 is 0 Å². The second kappa shape index (κ2) is 9.77. The average molecular weight is 298 g/mol. The van der Waals surface area contributed by atoms with Gasteiger partial charge in [-0.25, -0.2) is 0 Å². The van der Waals surface area contributed by atoms with Crippen LogP contribution >= 0.6 is 0 Å². The Balaban J connectivity index is 2.28. The highest BCUT2D eigenvalue weighted by Crippen LogP contribution is 2.18. The molecular weight excluding hydrogens is 268 g/mol. The van der Waals surface area contributed by atoms with Crippen LogP contribution in [0.3, 0.4) is 0 Å². The molecule has 0 aromatic carbocycles. The predicted molar refractivity (Wildman–Crippen MR) is 83.0 cm³/mol. The summed E-state index contributed by atoms with van der Waals surface area (Å²) in [5, 5.41) is 0. The van der Waals surface area contributed by atoms with E-state index in [4.69, 9.17) is 4.74 Å². The van der Waals surface area contributed by atoms with E-state index in [1.54, 1.807) is 0 Å². The van der Waals surface area contributed by atoms with Crippen molar-refractivity contribution in [2.75, 3.05) is 39.3 Å². The van der Waals surface area contributed by atoms with E-state index in [1.807, 2.05) is 25.7 Å². The van der Waals surface area contributed by atoms with Gasteiger partial charge < -0.3 is 14.5 Å². The minimum Gasteiger partial charge on any atom is -0.466 e. The molecule has 0 bridgehead atoms. The van der Waals surface area contributed by atoms with Crippen LogP contribution in [-0.2, 0) is 14.3 Å². The molecule has 1 saturated heterocycles. The summed E-state index contributed by atoms with van der Waals surface area (Å²) in [7, 11) is 0. The van der Waals surface area contributed by atoms with E-state index in [1.165, 1.54) is 0 Å². The fourth-order valence-corrected chi connectivity index (χ4v) is 2.90. The molecule has 1 unspecified atom stereocenters. The molecule has 122 valence electrons. The minimum atomic E-state index is -0.0681. The van der Waals surface area contributed by atoms with E-state index in [-0.39, 0.29) is 17.8 Å². The van der Waals surface area contributed by atoms with Crippen molar-refractivity contribution in [3.8, 4) is 0 Å². The first-order valence-electron chi connectivity index (χ1n) is 8.29. The van der Waals surface area contributed by atoms with Gasteiger partial charge in [-0.1, -0.05) is 0 Å². The van der Waals surface area contributed by atoms with E-state index < -0.39 is 0 Å². The summed E-state index contributed by atoms with van der Waals surface area (Å²) in [6, 6.07) is 0. The van der Waals surface area contributed by atoms with Gasteiger partial charge in [-0.3, -0.25) is 9.59 Å². The second-order valence-corrected chi connectivity index (χ2v) is 5.56. The number of ether oxygens (including phenoxy) is 1. The molecule has 1 amide bonds. The fourth-order valence-electron chi connectivity index (χ4n) is 2.90. The van der Waals surface area contributed by atoms with Crippen molar-refractivity contribution in [2.45, 2.75) is 46.5 Å². The largest absolute Gasteiger partial charge is 0.466 e. The first kappa shape index (κ1) is 18.0. The zero-order chi connectivity index (χ0) is 15.7. The highest BCUT2D eigenvalue weighted by Gasteiger charge is 2.26. The number of carbonyl (C=O) groups excluding carboxylic acids is 2. The van der Waals surface area contributed by atoms with Crippen molar-refractivity contribution in [1.82, 2.24) is 9.80 Å². The third kappa shape index (κ3) is 6.04. The maximum Gasteiger partial charge on any atom is 0.310 e. The van der Waals surface area contributed by atoms with Gasteiger partial charge in [0.15, 0.2) is 0 Å². The van der Waals surface area contributed by atoms with Gasteiger partial charge in [-0.15, -0.1) is 0 Å². The van der Waals surface area contributed by atoms with Gasteiger partial charge in [0.2, 0.25) is 5.91 Å². The van der Waals surface area contributed by atoms with E-state index in [2.05, 4.69) is 4.90 Å². The van der Waals surface area contributed by atoms with Gasteiger partial charge in [0, 0.05) is 26.1 Å². The van der Waals surface area contributed by atoms with E-state index in [0.29, 0.717) is 13.0 Å². The first-order chi connectivity index (χ1) is 10.1. The maximum absolute atomic E-state index is 11.9. The quantitative estimate of drug-likeness (QED) is 0.642. The third-order valence-corrected chi connectivity index (χ3v) is 4.11. The van der Waals surface area contributed by atoms with Crippen molar-refractivity contribution in [3.63, 3.8) is 0 Å². The minimum absolute atomic E-state index is 0.0113. The van der Waals surface area contributed by atoms with Crippen molar-refractivity contribution in [3.05, 3.63) is 0 Å². The summed E-state index contributed by atoms with van der Waals surface area (Å²) in [6.07, 6.45) is 3.42. The number of esters is 1. The molecule has 1 aliphatic rings. The maximum atomic E-state index is 11.9. The highest BCUT2D eigenvalue weighted by atomic mass is 16.5. The van der Waals surface area contributed by atoms with Crippen LogP contribution in [-0.4, -0.2) is 61.0 Å². The van der Waals surface area contributed by atoms with Crippen LogP contribution in [0.4, 0.5) is 0 Å². The Labute approximate surface area is 128 Å². The standard InChI is InChI=1S/C16H30N2O3/c1-4-18(5-2)15(19)10-8-12-17-11-7-9-14(13-17)16(20)21-6-3/h14H,4-13H2,1-3H3. The van der Waals surface area contributed by atoms with Crippen LogP contribution < -0.4 is 0 Å². The number of rotatable bonds is 8. The summed E-state index contributed by atoms with van der Waals surface area (Å²) >= 11 is 0. The molecule has 1 fully saturated rings. The number of hydrogen-bond donors (Lipinski definition) is 0. The molecule has 1 rings (SSSR count). The number of amides is 1. The number of hydrogen-bond acceptors (Lipinski definition) is 4. The molecule has 21 heavy (non-hydrogen) atoms. The SMILES string of the molecule is CCOC(=O)C1CCCN(CCCC(=O)N(CC)CC)C1. The molecule has 0 N–H and O–H groups in total. The lowest BCUT2D eigenvalue weighted by molar-refractivity contribution is -0.150. The molecule has 0 aromatic rings. The second-order valence-electron chi connectivity index (χ2n) is 5.56. The van der Waals surface area contributed by atoms with Gasteiger partial charge in [-0.05, 0) is 53.1 Å². The zero-order valence-corrected chi connectivity index (χ0v) is 13.8. The summed E-state index contributed by atoms with van der Waals surface area (Å²) in [5.74, 6) is 0.178. The van der Waals surface area contributed by atoms with Crippen LogP contribution in [0.5, 0.6) is 0 Å². The molecule has 5 heteroatoms. The Hall–Kier alpha value is -1.10. The van der Waals surface area contributed by atoms with E-state index in [9.17, 15) is 9.59 Å². The summed E-state index contributed by atoms with van der Waals surface area (Å²) < 4.78 is 5.11. The monoisotopic (exact) mass is 298 g/mol. The Morgan fingerprint density at radius 3 is 2.57 bits per heavy atom. The Bertz CT molecular complexity index is 329. The Morgan fingerprint density at radius 2 is 1.95 bits per heavy atom. The predicted octanol–water partition coefficient (Wildman–Crippen LogP) is 1.91. The first-order valence-corrected chi connectivity index (χ1v) is 8.29. The molecule has 5 nitrogen and oxygen atoms in total. The Morgan fingerprint density at radius 1 is 1.24 bits per heavy atom. The lowest BCUT2D eigenvalue weighted by Gasteiger charge is -2.31. The molecule has 0 aliphatic carbocycles. The van der Waals surface area contributed by atoms with Crippen molar-refractivity contribution < 1.29 is 14.3 Å². The summed E-state index contributed by atoms with van der Waals surface area (Å²) in [4.78, 5) is 27.9. The van der Waals surface area contributed by atoms with Gasteiger partial charge in [0.1, 0.15) is 0 Å². The molecule has 0 saturated carbocycles. The molecule has 1 heterocycles. The van der Waals surface area contributed by atoms with E-state index in [0.717, 1.165) is 52.0 Å². The van der Waals surface area contributed by atoms with Crippen LogP contribution in [0.15, 0.2) is 0 Å². The third-order valence-electron chi connectivity index (χ3n) is 4.11. The van der Waals surface area contributed by atoms with Gasteiger partial charge in [0.25, 0.3) is 0 Å². The lowest BCUT2D eigenvalue weighted by Crippen LogP contribution is -2.40. The van der Waals surface area contributed by atoms with Crippen LogP contribution in [0, 0.1) is 5.92 Å². The van der Waals surface area contributed by atoms with Gasteiger partial charge in [-0.2, -0.15) is 0 Å². The normalized spacial score (nSPS) is 19.3. The molecule has 1 aliphatic heterocycles. The Kier molecular flexibility index (Phi) is 8.35. The van der Waals surface area contributed by atoms with Crippen molar-refractivity contribution in [2.24, 2.45) is 5.92 Å². The zero-order valence-electron chi connectivity index (χ0n) is 13.8. The number of nitrogens with zero attached hydrogens (tertiary/aromatic N) is 2. The molecular formula is C16H30N2O3. The topological polar surface area (TPSA) is 49.9 Å². The molecule has 0 aromatic heterocycles. The van der Waals surface area contributed by atoms with Crippen LogP contribution in [0.25, 0.3) is 0 Å². The molecule has 0 spiro atoms. The van der Waals surface area contributed by atoms with Crippen LogP contribution in [0.2, 0.25) is 0 Å². The molecule has 0 radical (unpaired) electrons. The number of likely N-dealkylation sites (tertiary alicyclic amines) is 1. The lowest BCUT2D eigenvalue weighted by atomic mass is 9.98. The van der Waals surface area contributed by atoms with Gasteiger partial charge >= 0.3 is 5.97 Å². The fraction of sp³-hybridized carbons (Fsp3) is 0.875. The number of piperidine rings is 1. The summed E-state index contributed by atoms with van der Waals surface area (Å²) in [5.41, 5.74) is 0. The van der Waals surface area contributed by atoms with Gasteiger partial charge in [0.05, 0.1) is 12.5 Å². The number of carbonyl (C=O) groups is 2. The average Bonchev–Trinajstić information content (AvgIpc) is 2.49. The molecule has 1 atom stereocenters. The van der Waals surface area contributed by atoms with Crippen LogP contribution in [0.1, 0.15) is 46.5 Å². The highest BCUT2D eigenvalue weighted by molar-refractivity contribution is 5.76. The summed E-state index contributed by atoms with van der Waals surface area (Å²) in [6.45, 7) is 10.6. The van der Waals surface area contributed by atoms with Crippen molar-refractivity contribution >= 4 is 11.9 Å².